The van der Waals surface area contributed by atoms with Crippen molar-refractivity contribution in [2.24, 2.45) is 4.99 Å². The number of hydrogen-bond acceptors (Lipinski definition) is 5. The topological polar surface area (TPSA) is 80.2 Å². The van der Waals surface area contributed by atoms with E-state index in [1.54, 1.807) is 0 Å². The maximum atomic E-state index is 12.9. The predicted molar refractivity (Wildman–Crippen MR) is 117 cm³/mol. The average Bonchev–Trinajstić information content (AvgIpc) is 2.77. The third kappa shape index (κ3) is 5.60. The molecule has 1 N–H and O–H groups in total. The molecule has 158 valence electrons. The SMILES string of the molecule is CC1(CBr)CCN=C(NC(=O)OCc2ccccc2)N1C(=O)OCc1ccccc1. The Morgan fingerprint density at radius 3 is 2.17 bits per heavy atom. The van der Waals surface area contributed by atoms with Crippen molar-refractivity contribution in [3.63, 3.8) is 0 Å². The van der Waals surface area contributed by atoms with Crippen LogP contribution in [0.25, 0.3) is 0 Å². The molecule has 0 radical (unpaired) electrons. The van der Waals surface area contributed by atoms with Crippen LogP contribution in [0, 0.1) is 0 Å². The van der Waals surface area contributed by atoms with Crippen molar-refractivity contribution in [2.75, 3.05) is 11.9 Å². The zero-order valence-corrected chi connectivity index (χ0v) is 18.3. The van der Waals surface area contributed by atoms with E-state index in [9.17, 15) is 9.59 Å². The Kier molecular flexibility index (Phi) is 7.46. The summed E-state index contributed by atoms with van der Waals surface area (Å²) in [6.07, 6.45) is -0.636. The molecule has 0 fully saturated rings. The summed E-state index contributed by atoms with van der Waals surface area (Å²) in [6.45, 7) is 2.63. The van der Waals surface area contributed by atoms with Gasteiger partial charge >= 0.3 is 12.2 Å². The minimum absolute atomic E-state index is 0.119. The normalized spacial score (nSPS) is 18.3. The molecule has 1 aliphatic heterocycles. The van der Waals surface area contributed by atoms with Crippen LogP contribution in [0.4, 0.5) is 9.59 Å². The number of aliphatic imine (C=N–C) groups is 1. The number of alkyl halides is 1. The second-order valence-corrected chi connectivity index (χ2v) is 7.71. The minimum atomic E-state index is -0.683. The summed E-state index contributed by atoms with van der Waals surface area (Å²) in [5.41, 5.74) is 1.14. The van der Waals surface area contributed by atoms with Gasteiger partial charge in [0.05, 0.1) is 5.54 Å². The molecule has 0 aliphatic carbocycles. The Bertz CT molecular complexity index is 892. The van der Waals surface area contributed by atoms with Gasteiger partial charge in [0.15, 0.2) is 0 Å². The molecule has 2 aromatic carbocycles. The number of alkyl carbamates (subject to hydrolysis) is 1. The lowest BCUT2D eigenvalue weighted by molar-refractivity contribution is 0.0840. The van der Waals surface area contributed by atoms with Crippen LogP contribution in [0.15, 0.2) is 65.7 Å². The summed E-state index contributed by atoms with van der Waals surface area (Å²) < 4.78 is 10.8. The van der Waals surface area contributed by atoms with Gasteiger partial charge in [-0.3, -0.25) is 10.3 Å². The smallest absolute Gasteiger partial charge is 0.417 e. The highest BCUT2D eigenvalue weighted by molar-refractivity contribution is 9.09. The summed E-state index contributed by atoms with van der Waals surface area (Å²) >= 11 is 3.48. The number of hydrogen-bond donors (Lipinski definition) is 1. The van der Waals surface area contributed by atoms with Gasteiger partial charge in [0.2, 0.25) is 5.96 Å². The van der Waals surface area contributed by atoms with Gasteiger partial charge in [0.25, 0.3) is 0 Å². The second-order valence-electron chi connectivity index (χ2n) is 7.15. The van der Waals surface area contributed by atoms with Gasteiger partial charge in [-0.15, -0.1) is 0 Å². The maximum absolute atomic E-state index is 12.9. The molecule has 0 saturated carbocycles. The van der Waals surface area contributed by atoms with Crippen LogP contribution in [0.1, 0.15) is 24.5 Å². The number of carbonyl (C=O) groups is 2. The van der Waals surface area contributed by atoms with Crippen molar-refractivity contribution in [3.05, 3.63) is 71.8 Å². The van der Waals surface area contributed by atoms with Crippen LogP contribution >= 0.6 is 15.9 Å². The first kappa shape index (κ1) is 21.8. The fraction of sp³-hybridized carbons (Fsp3) is 0.318. The first-order chi connectivity index (χ1) is 14.5. The summed E-state index contributed by atoms with van der Waals surface area (Å²) in [6, 6.07) is 18.8. The lowest BCUT2D eigenvalue weighted by Gasteiger charge is -2.41. The summed E-state index contributed by atoms with van der Waals surface area (Å²) in [7, 11) is 0. The van der Waals surface area contributed by atoms with Gasteiger partial charge in [-0.1, -0.05) is 76.6 Å². The van der Waals surface area contributed by atoms with Crippen molar-refractivity contribution >= 4 is 34.1 Å². The molecule has 1 atom stereocenters. The molecule has 7 nitrogen and oxygen atoms in total. The maximum Gasteiger partial charge on any atom is 0.417 e. The number of halogens is 1. The molecular formula is C22H24BrN3O4. The largest absolute Gasteiger partial charge is 0.444 e. The van der Waals surface area contributed by atoms with E-state index in [0.717, 1.165) is 11.1 Å². The highest BCUT2D eigenvalue weighted by Gasteiger charge is 2.42. The van der Waals surface area contributed by atoms with E-state index in [0.29, 0.717) is 18.3 Å². The average molecular weight is 474 g/mol. The molecule has 30 heavy (non-hydrogen) atoms. The Morgan fingerprint density at radius 2 is 1.60 bits per heavy atom. The van der Waals surface area contributed by atoms with Crippen molar-refractivity contribution in [1.82, 2.24) is 10.2 Å². The number of ether oxygens (including phenoxy) is 2. The van der Waals surface area contributed by atoms with Crippen molar-refractivity contribution in [1.29, 1.82) is 0 Å². The molecule has 1 heterocycles. The fourth-order valence-electron chi connectivity index (χ4n) is 3.00. The minimum Gasteiger partial charge on any atom is -0.444 e. The first-order valence-electron chi connectivity index (χ1n) is 9.61. The molecule has 0 bridgehead atoms. The third-order valence-corrected chi connectivity index (χ3v) is 5.97. The van der Waals surface area contributed by atoms with E-state index in [2.05, 4.69) is 26.2 Å². The molecule has 1 aliphatic rings. The van der Waals surface area contributed by atoms with Gasteiger partial charge in [0, 0.05) is 11.9 Å². The highest BCUT2D eigenvalue weighted by atomic mass is 79.9. The van der Waals surface area contributed by atoms with Crippen LogP contribution < -0.4 is 5.32 Å². The highest BCUT2D eigenvalue weighted by Crippen LogP contribution is 2.27. The van der Waals surface area contributed by atoms with Gasteiger partial charge in [0.1, 0.15) is 13.2 Å². The van der Waals surface area contributed by atoms with E-state index >= 15 is 0 Å². The predicted octanol–water partition coefficient (Wildman–Crippen LogP) is 4.46. The first-order valence-corrected chi connectivity index (χ1v) is 10.7. The third-order valence-electron chi connectivity index (χ3n) is 4.77. The number of benzene rings is 2. The molecule has 2 amide bonds. The lowest BCUT2D eigenvalue weighted by atomic mass is 9.97. The molecule has 1 unspecified atom stereocenters. The van der Waals surface area contributed by atoms with Crippen molar-refractivity contribution in [2.45, 2.75) is 32.1 Å². The summed E-state index contributed by atoms with van der Waals surface area (Å²) in [5.74, 6) is 0.124. The Balaban J connectivity index is 1.66. The van der Waals surface area contributed by atoms with Crippen LogP contribution in [-0.4, -0.2) is 40.5 Å². The van der Waals surface area contributed by atoms with Crippen molar-refractivity contribution < 1.29 is 19.1 Å². The van der Waals surface area contributed by atoms with E-state index in [1.807, 2.05) is 67.6 Å². The fourth-order valence-corrected chi connectivity index (χ4v) is 3.54. The van der Waals surface area contributed by atoms with Crippen LogP contribution in [0.2, 0.25) is 0 Å². The van der Waals surface area contributed by atoms with E-state index in [-0.39, 0.29) is 19.2 Å². The zero-order chi connectivity index (χ0) is 21.4. The Hall–Kier alpha value is -2.87. The molecule has 0 spiro atoms. The summed E-state index contributed by atoms with van der Waals surface area (Å²) in [5, 5.41) is 3.10. The standard InChI is InChI=1S/C22H24BrN3O4/c1-22(16-23)12-13-24-19(25-20(27)29-14-17-8-4-2-5-9-17)26(22)21(28)30-15-18-10-6-3-7-11-18/h2-11H,12-16H2,1H3,(H,24,25,27). The number of amides is 2. The van der Waals surface area contributed by atoms with Crippen molar-refractivity contribution in [3.8, 4) is 0 Å². The number of nitrogens with one attached hydrogen (secondary N) is 1. The van der Waals surface area contributed by atoms with Crippen LogP contribution in [0.3, 0.4) is 0 Å². The monoisotopic (exact) mass is 473 g/mol. The van der Waals surface area contributed by atoms with E-state index < -0.39 is 17.7 Å². The Morgan fingerprint density at radius 1 is 1.03 bits per heavy atom. The van der Waals surface area contributed by atoms with Gasteiger partial charge in [-0.25, -0.2) is 14.5 Å². The molecule has 3 rings (SSSR count). The number of guanidine groups is 1. The molecule has 0 saturated heterocycles. The summed E-state index contributed by atoms with van der Waals surface area (Å²) in [4.78, 5) is 31.0. The van der Waals surface area contributed by atoms with Gasteiger partial charge < -0.3 is 9.47 Å². The van der Waals surface area contributed by atoms with Crippen LogP contribution in [0.5, 0.6) is 0 Å². The van der Waals surface area contributed by atoms with E-state index in [4.69, 9.17) is 9.47 Å². The number of nitrogens with zero attached hydrogens (tertiary/aromatic N) is 2. The second kappa shape index (κ2) is 10.2. The van der Waals surface area contributed by atoms with Gasteiger partial charge in [-0.2, -0.15) is 0 Å². The van der Waals surface area contributed by atoms with E-state index in [1.165, 1.54) is 4.90 Å². The van der Waals surface area contributed by atoms with Crippen LogP contribution in [-0.2, 0) is 22.7 Å². The molecular weight excluding hydrogens is 450 g/mol. The Labute approximate surface area is 184 Å². The quantitative estimate of drug-likeness (QED) is 0.649. The number of rotatable bonds is 5. The number of carbonyl (C=O) groups excluding carboxylic acids is 2. The lowest BCUT2D eigenvalue weighted by Crippen LogP contribution is -2.61. The molecule has 8 heteroatoms. The molecule has 0 aromatic heterocycles. The van der Waals surface area contributed by atoms with Gasteiger partial charge in [-0.05, 0) is 24.5 Å². The zero-order valence-electron chi connectivity index (χ0n) is 16.7. The molecule has 2 aromatic rings.